The first-order valence-corrected chi connectivity index (χ1v) is 16.2. The second-order valence-corrected chi connectivity index (χ2v) is 13.3. The van der Waals surface area contributed by atoms with E-state index in [0.29, 0.717) is 39.3 Å². The summed E-state index contributed by atoms with van der Waals surface area (Å²) >= 11 is 1.55. The first-order chi connectivity index (χ1) is 20.5. The summed E-state index contributed by atoms with van der Waals surface area (Å²) < 4.78 is 10.3. The second-order valence-electron chi connectivity index (χ2n) is 11.8. The zero-order valence-electron chi connectivity index (χ0n) is 24.0. The van der Waals surface area contributed by atoms with Gasteiger partial charge in [0, 0.05) is 38.0 Å². The van der Waals surface area contributed by atoms with Crippen LogP contribution in [0.5, 0.6) is 0 Å². The lowest BCUT2D eigenvalue weighted by molar-refractivity contribution is -0.153. The van der Waals surface area contributed by atoms with Gasteiger partial charge in [0.2, 0.25) is 11.8 Å². The molecule has 3 saturated heterocycles. The highest BCUT2D eigenvalue weighted by Gasteiger charge is 2.71. The molecule has 42 heavy (non-hydrogen) atoms. The van der Waals surface area contributed by atoms with Crippen LogP contribution in [0, 0.1) is 11.8 Å². The van der Waals surface area contributed by atoms with E-state index in [4.69, 9.17) is 9.47 Å². The minimum atomic E-state index is -0.932. The number of fused-ring (bicyclic) bond motifs is 2. The van der Waals surface area contributed by atoms with Gasteiger partial charge in [-0.1, -0.05) is 54.6 Å². The molecule has 0 aromatic heterocycles. The van der Waals surface area contributed by atoms with Gasteiger partial charge in [0.1, 0.15) is 6.04 Å². The lowest BCUT2D eigenvalue weighted by Gasteiger charge is -2.39. The molecule has 10 heteroatoms. The van der Waals surface area contributed by atoms with E-state index in [1.54, 1.807) is 16.7 Å². The van der Waals surface area contributed by atoms with Crippen molar-refractivity contribution in [2.75, 3.05) is 59.2 Å². The van der Waals surface area contributed by atoms with Crippen LogP contribution in [-0.4, -0.2) is 119 Å². The number of nitrogens with zero attached hydrogens (tertiary/aromatic N) is 3. The molecule has 6 atom stereocenters. The fraction of sp³-hybridized carbons (Fsp3) is 0.594. The molecule has 1 spiro atoms. The molecule has 0 saturated carbocycles. The zero-order valence-corrected chi connectivity index (χ0v) is 24.8. The van der Waals surface area contributed by atoms with E-state index in [1.807, 2.05) is 47.4 Å². The minimum Gasteiger partial charge on any atom is -0.465 e. The van der Waals surface area contributed by atoms with Crippen LogP contribution in [0.3, 0.4) is 0 Å². The van der Waals surface area contributed by atoms with Gasteiger partial charge in [0.25, 0.3) is 0 Å². The van der Waals surface area contributed by atoms with Crippen molar-refractivity contribution in [1.29, 1.82) is 0 Å². The van der Waals surface area contributed by atoms with E-state index in [-0.39, 0.29) is 29.6 Å². The number of ether oxygens (including phenoxy) is 2. The molecule has 226 valence electrons. The molecule has 5 aliphatic rings. The maximum atomic E-state index is 14.6. The molecule has 1 aromatic carbocycles. The largest absolute Gasteiger partial charge is 0.465 e. The highest BCUT2D eigenvalue weighted by atomic mass is 32.2. The summed E-state index contributed by atoms with van der Waals surface area (Å²) in [6.45, 7) is 4.77. The standard InChI is InChI=1S/C32H41N3O6S/c36-22-24(21-23-9-4-3-5-10-23)35-28-30(38)34(15-14-33-16-19-40-20-17-33)13-8-12-32(28)27(29(35)37)26-25(42-32)11-6-1-2-7-18-41-31(26)39/h3-6,8-12,24-28,36H,1-2,7,13-22H2/b11-6-/t24-,25+,26-,27+,28?,32+/m1/s1. The molecule has 1 aromatic rings. The van der Waals surface area contributed by atoms with Gasteiger partial charge in [-0.2, -0.15) is 0 Å². The van der Waals surface area contributed by atoms with Gasteiger partial charge in [-0.25, -0.2) is 0 Å². The molecule has 3 fully saturated rings. The van der Waals surface area contributed by atoms with E-state index in [9.17, 15) is 19.5 Å². The van der Waals surface area contributed by atoms with Gasteiger partial charge in [-0.15, -0.1) is 11.8 Å². The van der Waals surface area contributed by atoms with Crippen molar-refractivity contribution in [1.82, 2.24) is 14.7 Å². The minimum absolute atomic E-state index is 0.121. The van der Waals surface area contributed by atoms with Crippen molar-refractivity contribution in [3.8, 4) is 0 Å². The second kappa shape index (κ2) is 12.9. The summed E-state index contributed by atoms with van der Waals surface area (Å²) in [6.07, 6.45) is 11.2. The average Bonchev–Trinajstić information content (AvgIpc) is 3.41. The molecule has 0 aliphatic carbocycles. The molecule has 1 N–H and O–H groups in total. The molecule has 2 amide bonds. The highest BCUT2D eigenvalue weighted by molar-refractivity contribution is 8.02. The number of amides is 2. The van der Waals surface area contributed by atoms with Crippen molar-refractivity contribution < 1.29 is 29.0 Å². The van der Waals surface area contributed by atoms with Crippen LogP contribution < -0.4 is 0 Å². The highest BCUT2D eigenvalue weighted by Crippen LogP contribution is 2.61. The van der Waals surface area contributed by atoms with Crippen molar-refractivity contribution in [3.63, 3.8) is 0 Å². The molecule has 0 radical (unpaired) electrons. The summed E-state index contributed by atoms with van der Waals surface area (Å²) in [6, 6.07) is 8.30. The Kier molecular flexibility index (Phi) is 9.04. The molecule has 1 unspecified atom stereocenters. The van der Waals surface area contributed by atoms with E-state index in [0.717, 1.165) is 44.5 Å². The fourth-order valence-electron chi connectivity index (χ4n) is 7.22. The van der Waals surface area contributed by atoms with Gasteiger partial charge in [0.05, 0.1) is 49.1 Å². The van der Waals surface area contributed by atoms with Gasteiger partial charge >= 0.3 is 5.97 Å². The van der Waals surface area contributed by atoms with Crippen molar-refractivity contribution in [2.24, 2.45) is 11.8 Å². The molecular weight excluding hydrogens is 554 g/mol. The van der Waals surface area contributed by atoms with Gasteiger partial charge in [0.15, 0.2) is 0 Å². The van der Waals surface area contributed by atoms with Crippen LogP contribution in [0.25, 0.3) is 0 Å². The van der Waals surface area contributed by atoms with Crippen LogP contribution in [0.15, 0.2) is 54.6 Å². The Morgan fingerprint density at radius 3 is 2.60 bits per heavy atom. The molecule has 0 bridgehead atoms. The summed E-state index contributed by atoms with van der Waals surface area (Å²) in [5, 5.41) is 10.4. The number of benzene rings is 1. The van der Waals surface area contributed by atoms with Gasteiger partial charge in [-0.05, 0) is 31.2 Å². The maximum absolute atomic E-state index is 14.6. The normalized spacial score (nSPS) is 33.4. The molecular formula is C32H41N3O6S. The monoisotopic (exact) mass is 595 g/mol. The number of carbonyl (C=O) groups excluding carboxylic acids is 3. The summed E-state index contributed by atoms with van der Waals surface area (Å²) in [5.41, 5.74) is 0.975. The zero-order chi connectivity index (χ0) is 29.1. The van der Waals surface area contributed by atoms with Crippen molar-refractivity contribution >= 4 is 29.5 Å². The summed E-state index contributed by atoms with van der Waals surface area (Å²) in [5.74, 6) is -2.18. The van der Waals surface area contributed by atoms with E-state index in [2.05, 4.69) is 17.1 Å². The van der Waals surface area contributed by atoms with E-state index < -0.39 is 28.7 Å². The maximum Gasteiger partial charge on any atom is 0.311 e. The van der Waals surface area contributed by atoms with Gasteiger partial charge in [-0.3, -0.25) is 19.3 Å². The average molecular weight is 596 g/mol. The van der Waals surface area contributed by atoms with E-state index >= 15 is 0 Å². The third-order valence-electron chi connectivity index (χ3n) is 9.33. The third kappa shape index (κ3) is 5.54. The van der Waals surface area contributed by atoms with Crippen LogP contribution in [-0.2, 0) is 30.3 Å². The molecule has 9 nitrogen and oxygen atoms in total. The third-order valence-corrected chi connectivity index (χ3v) is 11.1. The SMILES string of the molecule is O=C1OCCCC/C=C\[C@@H]2S[C@]34C=CCN(CCN5CCOCC5)C(=O)C3N([C@@H](CO)Cc3ccccc3)C(=O)[C@@H]4[C@H]12. The smallest absolute Gasteiger partial charge is 0.311 e. The number of rotatable bonds is 7. The lowest BCUT2D eigenvalue weighted by Crippen LogP contribution is -2.57. The molecule has 5 aliphatic heterocycles. The van der Waals surface area contributed by atoms with Crippen LogP contribution >= 0.6 is 11.8 Å². The number of allylic oxidation sites excluding steroid dienone is 1. The number of esters is 1. The predicted octanol–water partition coefficient (Wildman–Crippen LogP) is 1.90. The Morgan fingerprint density at radius 2 is 1.81 bits per heavy atom. The van der Waals surface area contributed by atoms with Crippen LogP contribution in [0.1, 0.15) is 24.8 Å². The molecule has 5 heterocycles. The van der Waals surface area contributed by atoms with Crippen molar-refractivity contribution in [3.05, 3.63) is 60.2 Å². The predicted molar refractivity (Wildman–Crippen MR) is 160 cm³/mol. The molecule has 6 rings (SSSR count). The summed E-state index contributed by atoms with van der Waals surface area (Å²) in [4.78, 5) is 48.6. The van der Waals surface area contributed by atoms with Gasteiger partial charge < -0.3 is 24.4 Å². The lowest BCUT2D eigenvalue weighted by atomic mass is 9.78. The quantitative estimate of drug-likeness (QED) is 0.377. The Bertz CT molecular complexity index is 1200. The Labute approximate surface area is 251 Å². The number of carbonyl (C=O) groups is 3. The number of cyclic esters (lactones) is 1. The number of hydrogen-bond acceptors (Lipinski definition) is 8. The number of likely N-dealkylation sites (tertiary alicyclic amines) is 1. The number of hydrogen-bond donors (Lipinski definition) is 1. The summed E-state index contributed by atoms with van der Waals surface area (Å²) in [7, 11) is 0. The fourth-order valence-corrected chi connectivity index (χ4v) is 9.21. The Hall–Kier alpha value is -2.66. The number of aliphatic hydroxyl groups excluding tert-OH is 1. The first-order valence-electron chi connectivity index (χ1n) is 15.3. The Balaban J connectivity index is 1.37. The van der Waals surface area contributed by atoms with Crippen LogP contribution in [0.2, 0.25) is 0 Å². The van der Waals surface area contributed by atoms with Crippen LogP contribution in [0.4, 0.5) is 0 Å². The first kappa shape index (κ1) is 29.4. The van der Waals surface area contributed by atoms with Crippen molar-refractivity contribution in [2.45, 2.75) is 47.8 Å². The Morgan fingerprint density at radius 1 is 1.00 bits per heavy atom. The van der Waals surface area contributed by atoms with E-state index in [1.165, 1.54) is 0 Å². The number of thioether (sulfide) groups is 1. The number of morpholine rings is 1. The number of aliphatic hydroxyl groups is 1. The topological polar surface area (TPSA) is 99.6 Å².